The summed E-state index contributed by atoms with van der Waals surface area (Å²) in [4.78, 5) is 24.3. The summed E-state index contributed by atoms with van der Waals surface area (Å²) in [5.41, 5.74) is 0.785. The van der Waals surface area contributed by atoms with Gasteiger partial charge in [-0.15, -0.1) is 0 Å². The molecule has 2 aliphatic rings. The molecule has 0 unspecified atom stereocenters. The molecule has 1 aromatic carbocycles. The number of carboxylic acid groups (broad SMARTS) is 1. The van der Waals surface area contributed by atoms with Crippen LogP contribution in [0, 0.1) is 17.8 Å². The van der Waals surface area contributed by atoms with Crippen molar-refractivity contribution >= 4 is 11.9 Å². The van der Waals surface area contributed by atoms with Crippen molar-refractivity contribution in [3.05, 3.63) is 53.6 Å². The van der Waals surface area contributed by atoms with Crippen molar-refractivity contribution in [1.82, 2.24) is 0 Å². The molecular formula is C32H46O8. The highest BCUT2D eigenvalue weighted by Gasteiger charge is 2.44. The van der Waals surface area contributed by atoms with Gasteiger partial charge in [-0.3, -0.25) is 4.79 Å². The van der Waals surface area contributed by atoms with Crippen LogP contribution in [-0.2, 0) is 19.7 Å². The number of hydrogen-bond acceptors (Lipinski definition) is 7. The molecule has 2 aliphatic carbocycles. The van der Waals surface area contributed by atoms with E-state index in [4.69, 9.17) is 14.6 Å². The second kappa shape index (κ2) is 12.9. The zero-order valence-corrected chi connectivity index (χ0v) is 24.5. The summed E-state index contributed by atoms with van der Waals surface area (Å²) in [5.74, 6) is -1.11. The molecule has 3 rings (SSSR count). The molecule has 40 heavy (non-hydrogen) atoms. The Hall–Kier alpha value is -2.68. The highest BCUT2D eigenvalue weighted by atomic mass is 16.6. The molecule has 8 nitrogen and oxygen atoms in total. The minimum Gasteiger partial charge on any atom is -0.481 e. The van der Waals surface area contributed by atoms with Crippen molar-refractivity contribution in [2.75, 3.05) is 0 Å². The van der Waals surface area contributed by atoms with Crippen LogP contribution >= 0.6 is 0 Å². The Labute approximate surface area is 237 Å². The molecule has 0 fully saturated rings. The van der Waals surface area contributed by atoms with E-state index in [9.17, 15) is 24.9 Å². The predicted octanol–water partition coefficient (Wildman–Crippen LogP) is 4.55. The number of esters is 1. The Morgan fingerprint density at radius 2 is 1.70 bits per heavy atom. The van der Waals surface area contributed by atoms with Crippen molar-refractivity contribution < 1.29 is 39.5 Å². The van der Waals surface area contributed by atoms with E-state index in [0.717, 1.165) is 11.1 Å². The molecule has 0 bridgehead atoms. The predicted molar refractivity (Wildman–Crippen MR) is 152 cm³/mol. The smallest absolute Gasteiger partial charge is 0.350 e. The molecule has 8 heteroatoms. The molecule has 0 spiro atoms. The van der Waals surface area contributed by atoms with Gasteiger partial charge in [0.2, 0.25) is 0 Å². The fourth-order valence-corrected chi connectivity index (χ4v) is 5.73. The molecule has 0 saturated carbocycles. The third kappa shape index (κ3) is 8.41. The third-order valence-corrected chi connectivity index (χ3v) is 8.00. The molecule has 0 heterocycles. The van der Waals surface area contributed by atoms with Crippen LogP contribution in [0.4, 0.5) is 0 Å². The lowest BCUT2D eigenvalue weighted by Gasteiger charge is -2.43. The second-order valence-electron chi connectivity index (χ2n) is 12.9. The average molecular weight is 559 g/mol. The van der Waals surface area contributed by atoms with E-state index in [0.29, 0.717) is 18.6 Å². The first-order chi connectivity index (χ1) is 18.6. The number of rotatable bonds is 11. The van der Waals surface area contributed by atoms with Gasteiger partial charge in [-0.25, -0.2) is 4.79 Å². The summed E-state index contributed by atoms with van der Waals surface area (Å²) in [6.07, 6.45) is 3.30. The van der Waals surface area contributed by atoms with E-state index >= 15 is 0 Å². The second-order valence-corrected chi connectivity index (χ2v) is 12.9. The van der Waals surface area contributed by atoms with Crippen molar-refractivity contribution in [2.45, 2.75) is 109 Å². The lowest BCUT2D eigenvalue weighted by Crippen LogP contribution is -2.47. The van der Waals surface area contributed by atoms with E-state index in [-0.39, 0.29) is 36.0 Å². The van der Waals surface area contributed by atoms with E-state index < -0.39 is 48.4 Å². The van der Waals surface area contributed by atoms with Gasteiger partial charge in [-0.1, -0.05) is 58.1 Å². The molecule has 7 atom stereocenters. The maximum atomic E-state index is 13.4. The highest BCUT2D eigenvalue weighted by molar-refractivity contribution is 5.79. The quantitative estimate of drug-likeness (QED) is 0.291. The van der Waals surface area contributed by atoms with E-state index in [1.807, 2.05) is 30.3 Å². The molecule has 222 valence electrons. The van der Waals surface area contributed by atoms with Gasteiger partial charge in [0.05, 0.1) is 24.7 Å². The van der Waals surface area contributed by atoms with Gasteiger partial charge in [0, 0.05) is 12.3 Å². The number of carbonyl (C=O) groups is 2. The van der Waals surface area contributed by atoms with E-state index in [2.05, 4.69) is 33.8 Å². The maximum absolute atomic E-state index is 13.4. The zero-order chi connectivity index (χ0) is 29.8. The van der Waals surface area contributed by atoms with Gasteiger partial charge < -0.3 is 29.9 Å². The first kappa shape index (κ1) is 31.8. The number of carbonyl (C=O) groups excluding carboxylic acids is 1. The Morgan fingerprint density at radius 1 is 1.05 bits per heavy atom. The van der Waals surface area contributed by atoms with Crippen LogP contribution in [-0.4, -0.2) is 62.4 Å². The summed E-state index contributed by atoms with van der Waals surface area (Å²) in [7, 11) is 0. The molecular weight excluding hydrogens is 512 g/mol. The van der Waals surface area contributed by atoms with Crippen LogP contribution in [0.3, 0.4) is 0 Å². The fraction of sp³-hybridized carbons (Fsp3) is 0.625. The number of aliphatic carboxylic acids is 1. The molecule has 0 saturated heterocycles. The van der Waals surface area contributed by atoms with Crippen LogP contribution in [0.15, 0.2) is 48.1 Å². The van der Waals surface area contributed by atoms with Crippen LogP contribution in [0.5, 0.6) is 5.75 Å². The third-order valence-electron chi connectivity index (χ3n) is 8.00. The number of aliphatic hydroxyl groups excluding tert-OH is 3. The van der Waals surface area contributed by atoms with Gasteiger partial charge >= 0.3 is 11.9 Å². The standard InChI is InChI=1S/C32H46O8/c1-19-7-8-20-15-23(34)17-27(29(20)26(19)14-11-22(33)16-24(35)18-28(36)37)39-30(38)32(5,6)40-25-12-9-21(10-13-25)31(2,3)4/h7-10,12-13,15,19,22-24,26-27,29,33-35H,11,14,16-18H2,1-6H3,(H,36,37)/t19-,22-,23-,24-,26+,27+,29+/m1/s1. The monoisotopic (exact) mass is 558 g/mol. The SMILES string of the molecule is C[C@@H]1C=CC2=C[C@@H](O)C[C@H](OC(=O)C(C)(C)Oc3ccc(C(C)(C)C)cc3)[C@@H]2[C@H]1CC[C@@H](O)C[C@@H](O)CC(=O)O. The van der Waals surface area contributed by atoms with Gasteiger partial charge in [0.25, 0.3) is 0 Å². The van der Waals surface area contributed by atoms with Gasteiger partial charge in [-0.2, -0.15) is 0 Å². The lowest BCUT2D eigenvalue weighted by molar-refractivity contribution is -0.170. The lowest BCUT2D eigenvalue weighted by atomic mass is 9.66. The normalized spacial score (nSPS) is 26.3. The first-order valence-corrected chi connectivity index (χ1v) is 14.2. The van der Waals surface area contributed by atoms with Crippen LogP contribution in [0.2, 0.25) is 0 Å². The van der Waals surface area contributed by atoms with Crippen molar-refractivity contribution in [3.63, 3.8) is 0 Å². The molecule has 0 aliphatic heterocycles. The van der Waals surface area contributed by atoms with Crippen LogP contribution < -0.4 is 4.74 Å². The summed E-state index contributed by atoms with van der Waals surface area (Å²) >= 11 is 0. The Balaban J connectivity index is 1.71. The number of allylic oxidation sites excluding steroid dienone is 2. The maximum Gasteiger partial charge on any atom is 0.350 e. The summed E-state index contributed by atoms with van der Waals surface area (Å²) < 4.78 is 12.1. The van der Waals surface area contributed by atoms with Gasteiger partial charge in [0.15, 0.2) is 5.60 Å². The number of carboxylic acids is 1. The van der Waals surface area contributed by atoms with E-state index in [1.165, 1.54) is 0 Å². The van der Waals surface area contributed by atoms with Crippen molar-refractivity contribution in [3.8, 4) is 5.75 Å². The zero-order valence-electron chi connectivity index (χ0n) is 24.5. The average Bonchev–Trinajstić information content (AvgIpc) is 2.82. The molecule has 4 N–H and O–H groups in total. The molecule has 0 radical (unpaired) electrons. The van der Waals surface area contributed by atoms with Crippen molar-refractivity contribution in [1.29, 1.82) is 0 Å². The largest absolute Gasteiger partial charge is 0.481 e. The molecule has 1 aromatic rings. The summed E-state index contributed by atoms with van der Waals surface area (Å²) in [6.45, 7) is 11.8. The highest BCUT2D eigenvalue weighted by Crippen LogP contribution is 2.44. The van der Waals surface area contributed by atoms with Gasteiger partial charge in [-0.05, 0) is 73.6 Å². The summed E-state index contributed by atoms with van der Waals surface area (Å²) in [5, 5.41) is 39.8. The number of fused-ring (bicyclic) bond motifs is 1. The number of aliphatic hydroxyl groups is 3. The Morgan fingerprint density at radius 3 is 2.30 bits per heavy atom. The number of benzene rings is 1. The topological polar surface area (TPSA) is 134 Å². The van der Waals surface area contributed by atoms with E-state index in [1.54, 1.807) is 19.9 Å². The summed E-state index contributed by atoms with van der Waals surface area (Å²) in [6, 6.07) is 7.67. The first-order valence-electron chi connectivity index (χ1n) is 14.2. The minimum atomic E-state index is -1.27. The van der Waals surface area contributed by atoms with Crippen LogP contribution in [0.25, 0.3) is 0 Å². The Bertz CT molecular complexity index is 1080. The fourth-order valence-electron chi connectivity index (χ4n) is 5.73. The van der Waals surface area contributed by atoms with Crippen LogP contribution in [0.1, 0.15) is 79.2 Å². The number of ether oxygens (including phenoxy) is 2. The Kier molecular flexibility index (Phi) is 10.3. The minimum absolute atomic E-state index is 0.00351. The molecule has 0 aromatic heterocycles. The number of hydrogen-bond donors (Lipinski definition) is 4. The van der Waals surface area contributed by atoms with Crippen molar-refractivity contribution in [2.24, 2.45) is 17.8 Å². The molecule has 0 amide bonds. The van der Waals surface area contributed by atoms with Gasteiger partial charge in [0.1, 0.15) is 11.9 Å².